The summed E-state index contributed by atoms with van der Waals surface area (Å²) < 4.78 is 5.02. The van der Waals surface area contributed by atoms with Crippen LogP contribution in [0.4, 0.5) is 5.82 Å². The number of nitrogens with one attached hydrogen (secondary N) is 1. The number of aromatic nitrogens is 3. The van der Waals surface area contributed by atoms with Crippen molar-refractivity contribution in [3.63, 3.8) is 0 Å². The third kappa shape index (κ3) is 3.06. The van der Waals surface area contributed by atoms with E-state index in [0.29, 0.717) is 29.4 Å². The van der Waals surface area contributed by atoms with E-state index in [1.54, 1.807) is 6.20 Å². The number of nitrogens with zero attached hydrogens (tertiary/aromatic N) is 3. The molecule has 1 aliphatic carbocycles. The molecule has 0 unspecified atom stereocenters. The predicted octanol–water partition coefficient (Wildman–Crippen LogP) is 3.00. The molecule has 1 fully saturated rings. The van der Waals surface area contributed by atoms with E-state index in [-0.39, 0.29) is 0 Å². The van der Waals surface area contributed by atoms with Gasteiger partial charge in [0.05, 0.1) is 11.8 Å². The molecule has 2 heterocycles. The number of aliphatic hydroxyl groups is 1. The molecule has 1 aliphatic rings. The highest BCUT2D eigenvalue weighted by Crippen LogP contribution is 2.41. The first-order valence-electron chi connectivity index (χ1n) is 7.89. The molecule has 0 saturated heterocycles. The van der Waals surface area contributed by atoms with Gasteiger partial charge in [-0.1, -0.05) is 25.9 Å². The van der Waals surface area contributed by atoms with Crippen LogP contribution in [0.3, 0.4) is 0 Å². The standard InChI is InChI=1S/C16H24N4O2/c1-15(2,3)11-4-6-16(21,7-5-11)9-17-13-12-8-20-22-14(12)19-10-18-13/h8,10-11,21H,4-7,9H2,1-3H3,(H,17,18,19). The Morgan fingerprint density at radius 2 is 2.05 bits per heavy atom. The molecule has 2 aromatic rings. The molecule has 0 bridgehead atoms. The van der Waals surface area contributed by atoms with Crippen LogP contribution in [0.25, 0.3) is 11.1 Å². The summed E-state index contributed by atoms with van der Waals surface area (Å²) >= 11 is 0. The van der Waals surface area contributed by atoms with Crippen LogP contribution in [0.1, 0.15) is 46.5 Å². The molecule has 6 heteroatoms. The van der Waals surface area contributed by atoms with E-state index in [1.807, 2.05) is 0 Å². The van der Waals surface area contributed by atoms with E-state index >= 15 is 0 Å². The number of hydrogen-bond acceptors (Lipinski definition) is 6. The lowest BCUT2D eigenvalue weighted by atomic mass is 9.68. The fourth-order valence-electron chi connectivity index (χ4n) is 3.28. The number of rotatable bonds is 3. The quantitative estimate of drug-likeness (QED) is 0.907. The topological polar surface area (TPSA) is 84.1 Å². The van der Waals surface area contributed by atoms with Gasteiger partial charge in [-0.05, 0) is 37.0 Å². The molecule has 3 rings (SSSR count). The minimum Gasteiger partial charge on any atom is -0.388 e. The minimum atomic E-state index is -0.670. The maximum absolute atomic E-state index is 10.8. The van der Waals surface area contributed by atoms with Gasteiger partial charge in [0.25, 0.3) is 5.71 Å². The van der Waals surface area contributed by atoms with Gasteiger partial charge in [-0.25, -0.2) is 4.98 Å². The first-order chi connectivity index (χ1) is 10.4. The molecule has 2 N–H and O–H groups in total. The van der Waals surface area contributed by atoms with Crippen molar-refractivity contribution >= 4 is 16.9 Å². The molecule has 120 valence electrons. The molecule has 22 heavy (non-hydrogen) atoms. The van der Waals surface area contributed by atoms with Gasteiger partial charge < -0.3 is 14.9 Å². The van der Waals surface area contributed by atoms with Crippen LogP contribution in [0.2, 0.25) is 0 Å². The van der Waals surface area contributed by atoms with E-state index < -0.39 is 5.60 Å². The van der Waals surface area contributed by atoms with Gasteiger partial charge in [0.15, 0.2) is 0 Å². The summed E-state index contributed by atoms with van der Waals surface area (Å²) in [5.74, 6) is 1.34. The van der Waals surface area contributed by atoms with Crippen LogP contribution >= 0.6 is 0 Å². The zero-order valence-corrected chi connectivity index (χ0v) is 13.5. The summed E-state index contributed by atoms with van der Waals surface area (Å²) in [6.45, 7) is 7.33. The second kappa shape index (κ2) is 5.50. The van der Waals surface area contributed by atoms with Gasteiger partial charge >= 0.3 is 0 Å². The summed E-state index contributed by atoms with van der Waals surface area (Å²) in [5.41, 5.74) is 0.104. The lowest BCUT2D eigenvalue weighted by molar-refractivity contribution is -0.0143. The monoisotopic (exact) mass is 304 g/mol. The number of fused-ring (bicyclic) bond motifs is 1. The van der Waals surface area contributed by atoms with E-state index in [0.717, 1.165) is 31.1 Å². The van der Waals surface area contributed by atoms with Crippen LogP contribution < -0.4 is 5.32 Å². The number of anilines is 1. The Balaban J connectivity index is 1.63. The zero-order valence-electron chi connectivity index (χ0n) is 13.5. The van der Waals surface area contributed by atoms with Crippen LogP contribution in [-0.4, -0.2) is 32.4 Å². The second-order valence-electron chi connectivity index (χ2n) is 7.49. The summed E-state index contributed by atoms with van der Waals surface area (Å²) in [4.78, 5) is 8.22. The molecule has 0 amide bonds. The van der Waals surface area contributed by atoms with Crippen molar-refractivity contribution in [2.45, 2.75) is 52.1 Å². The van der Waals surface area contributed by atoms with Crippen LogP contribution in [0.15, 0.2) is 17.0 Å². The fourth-order valence-corrected chi connectivity index (χ4v) is 3.28. The van der Waals surface area contributed by atoms with Crippen molar-refractivity contribution in [1.82, 2.24) is 15.1 Å². The van der Waals surface area contributed by atoms with Gasteiger partial charge in [0.1, 0.15) is 17.5 Å². The Morgan fingerprint density at radius 1 is 1.32 bits per heavy atom. The SMILES string of the molecule is CC(C)(C)C1CCC(O)(CNc2ncnc3oncc23)CC1. The average Bonchev–Trinajstić information content (AvgIpc) is 2.93. The Bertz CT molecular complexity index is 639. The molecule has 2 aromatic heterocycles. The Kier molecular flexibility index (Phi) is 3.80. The van der Waals surface area contributed by atoms with Gasteiger partial charge in [-0.2, -0.15) is 4.98 Å². The van der Waals surface area contributed by atoms with Gasteiger partial charge in [-0.15, -0.1) is 0 Å². The molecular formula is C16H24N4O2. The van der Waals surface area contributed by atoms with E-state index in [4.69, 9.17) is 4.52 Å². The third-order valence-electron chi connectivity index (χ3n) is 4.89. The number of hydrogen-bond donors (Lipinski definition) is 2. The highest BCUT2D eigenvalue weighted by molar-refractivity contribution is 5.84. The second-order valence-corrected chi connectivity index (χ2v) is 7.49. The molecule has 0 aromatic carbocycles. The molecule has 1 saturated carbocycles. The van der Waals surface area contributed by atoms with Gasteiger partial charge in [0.2, 0.25) is 0 Å². The third-order valence-corrected chi connectivity index (χ3v) is 4.89. The molecular weight excluding hydrogens is 280 g/mol. The highest BCUT2D eigenvalue weighted by Gasteiger charge is 2.37. The minimum absolute atomic E-state index is 0.316. The maximum Gasteiger partial charge on any atom is 0.262 e. The van der Waals surface area contributed by atoms with Crippen molar-refractivity contribution in [1.29, 1.82) is 0 Å². The van der Waals surface area contributed by atoms with E-state index in [1.165, 1.54) is 6.33 Å². The summed E-state index contributed by atoms with van der Waals surface area (Å²) in [7, 11) is 0. The summed E-state index contributed by atoms with van der Waals surface area (Å²) in [6, 6.07) is 0. The molecule has 0 aliphatic heterocycles. The van der Waals surface area contributed by atoms with Crippen LogP contribution in [-0.2, 0) is 0 Å². The largest absolute Gasteiger partial charge is 0.388 e. The fraction of sp³-hybridized carbons (Fsp3) is 0.688. The smallest absolute Gasteiger partial charge is 0.262 e. The Morgan fingerprint density at radius 3 is 2.73 bits per heavy atom. The summed E-state index contributed by atoms with van der Waals surface area (Å²) in [6.07, 6.45) is 6.80. The average molecular weight is 304 g/mol. The van der Waals surface area contributed by atoms with Crippen molar-refractivity contribution in [2.24, 2.45) is 11.3 Å². The van der Waals surface area contributed by atoms with Crippen molar-refractivity contribution in [3.05, 3.63) is 12.5 Å². The Labute approximate surface area is 130 Å². The lowest BCUT2D eigenvalue weighted by Crippen LogP contribution is -2.42. The molecule has 6 nitrogen and oxygen atoms in total. The van der Waals surface area contributed by atoms with Crippen molar-refractivity contribution < 1.29 is 9.63 Å². The lowest BCUT2D eigenvalue weighted by Gasteiger charge is -2.41. The molecule has 0 atom stereocenters. The van der Waals surface area contributed by atoms with E-state index in [9.17, 15) is 5.11 Å². The van der Waals surface area contributed by atoms with E-state index in [2.05, 4.69) is 41.2 Å². The molecule has 0 radical (unpaired) electrons. The first kappa shape index (κ1) is 15.2. The van der Waals surface area contributed by atoms with Crippen LogP contribution in [0, 0.1) is 11.3 Å². The maximum atomic E-state index is 10.8. The normalized spacial score (nSPS) is 26.3. The first-order valence-corrected chi connectivity index (χ1v) is 7.89. The Hall–Kier alpha value is -1.69. The predicted molar refractivity (Wildman–Crippen MR) is 84.5 cm³/mol. The van der Waals surface area contributed by atoms with Gasteiger partial charge in [-0.3, -0.25) is 0 Å². The molecule has 0 spiro atoms. The van der Waals surface area contributed by atoms with Gasteiger partial charge in [0, 0.05) is 6.54 Å². The van der Waals surface area contributed by atoms with Crippen molar-refractivity contribution in [2.75, 3.05) is 11.9 Å². The highest BCUT2D eigenvalue weighted by atomic mass is 16.5. The zero-order chi connectivity index (χ0) is 15.8. The summed E-state index contributed by atoms with van der Waals surface area (Å²) in [5, 5.41) is 18.5. The van der Waals surface area contributed by atoms with Crippen LogP contribution in [0.5, 0.6) is 0 Å². The van der Waals surface area contributed by atoms with Crippen molar-refractivity contribution in [3.8, 4) is 0 Å².